The Labute approximate surface area is 127 Å². The van der Waals surface area contributed by atoms with E-state index < -0.39 is 10.0 Å². The molecule has 9 heteroatoms. The number of imidazole rings is 1. The second-order valence-electron chi connectivity index (χ2n) is 4.83. The van der Waals surface area contributed by atoms with E-state index in [9.17, 15) is 8.42 Å². The van der Waals surface area contributed by atoms with Crippen molar-refractivity contribution in [2.75, 3.05) is 17.7 Å². The number of aromatic nitrogens is 2. The number of nitrogens with zero attached hydrogens (tertiary/aromatic N) is 2. The number of hydrogen-bond donors (Lipinski definition) is 3. The summed E-state index contributed by atoms with van der Waals surface area (Å²) >= 11 is 1.80. The van der Waals surface area contributed by atoms with Crippen molar-refractivity contribution in [1.82, 2.24) is 14.1 Å². The molecule has 1 saturated heterocycles. The van der Waals surface area contributed by atoms with Gasteiger partial charge in [0.25, 0.3) is 10.0 Å². The van der Waals surface area contributed by atoms with Crippen LogP contribution in [0.3, 0.4) is 0 Å². The van der Waals surface area contributed by atoms with E-state index in [0.717, 1.165) is 18.6 Å². The number of pyridine rings is 1. The number of anilines is 1. The fraction of sp³-hybridized carbons (Fsp3) is 0.417. The first-order valence-electron chi connectivity index (χ1n) is 6.67. The predicted octanol–water partition coefficient (Wildman–Crippen LogP) is 0.794. The molecular weight excluding hydrogens is 310 g/mol. The van der Waals surface area contributed by atoms with E-state index >= 15 is 0 Å². The van der Waals surface area contributed by atoms with Crippen molar-refractivity contribution < 1.29 is 8.42 Å². The van der Waals surface area contributed by atoms with E-state index in [-0.39, 0.29) is 10.8 Å². The average molecular weight is 327 g/mol. The fourth-order valence-electron chi connectivity index (χ4n) is 2.40. The van der Waals surface area contributed by atoms with E-state index in [1.54, 1.807) is 36.2 Å². The number of sulfonamides is 1. The third-order valence-electron chi connectivity index (χ3n) is 3.40. The van der Waals surface area contributed by atoms with Gasteiger partial charge in [0.2, 0.25) is 0 Å². The van der Waals surface area contributed by atoms with Gasteiger partial charge in [0.05, 0.1) is 0 Å². The minimum atomic E-state index is -3.68. The molecule has 0 aliphatic carbocycles. The molecule has 2 aromatic rings. The number of hydrazine groups is 1. The van der Waals surface area contributed by atoms with Crippen LogP contribution in [0.5, 0.6) is 0 Å². The third-order valence-corrected chi connectivity index (χ3v) is 6.25. The van der Waals surface area contributed by atoms with Crippen LogP contribution < -0.4 is 16.0 Å². The summed E-state index contributed by atoms with van der Waals surface area (Å²) in [5.74, 6) is 6.65. The Morgan fingerprint density at radius 1 is 1.48 bits per heavy atom. The Balaban J connectivity index is 1.93. The first kappa shape index (κ1) is 14.6. The molecule has 2 aromatic heterocycles. The molecule has 1 fully saturated rings. The molecule has 3 heterocycles. The van der Waals surface area contributed by atoms with Crippen molar-refractivity contribution in [3.63, 3.8) is 0 Å². The quantitative estimate of drug-likeness (QED) is 0.554. The minimum Gasteiger partial charge on any atom is -0.306 e. The SMILES string of the molecule is NNc1nc2ccccn2c1S(=O)(=O)NCC1CCCS1. The molecule has 3 rings (SSSR count). The van der Waals surface area contributed by atoms with E-state index in [0.29, 0.717) is 17.4 Å². The molecular formula is C12H17N5O2S2. The van der Waals surface area contributed by atoms with Crippen LogP contribution in [0.2, 0.25) is 0 Å². The van der Waals surface area contributed by atoms with Gasteiger partial charge in [-0.3, -0.25) is 4.40 Å². The van der Waals surface area contributed by atoms with Gasteiger partial charge in [0.15, 0.2) is 10.8 Å². The van der Waals surface area contributed by atoms with Crippen molar-refractivity contribution in [2.24, 2.45) is 5.84 Å². The number of hydrogen-bond acceptors (Lipinski definition) is 6. The molecule has 1 aliphatic heterocycles. The molecule has 0 spiro atoms. The van der Waals surface area contributed by atoms with Gasteiger partial charge in [-0.05, 0) is 30.7 Å². The molecule has 1 aliphatic rings. The molecule has 1 unspecified atom stereocenters. The first-order valence-corrected chi connectivity index (χ1v) is 9.20. The monoisotopic (exact) mass is 327 g/mol. The molecule has 0 amide bonds. The van der Waals surface area contributed by atoms with Crippen molar-refractivity contribution in [3.8, 4) is 0 Å². The summed E-state index contributed by atoms with van der Waals surface area (Å²) in [6, 6.07) is 5.27. The Bertz CT molecular complexity index is 737. The molecule has 21 heavy (non-hydrogen) atoms. The summed E-state index contributed by atoms with van der Waals surface area (Å²) in [7, 11) is -3.68. The molecule has 7 nitrogen and oxygen atoms in total. The fourth-order valence-corrected chi connectivity index (χ4v) is 5.04. The summed E-state index contributed by atoms with van der Waals surface area (Å²) in [5, 5.41) is 0.386. The minimum absolute atomic E-state index is 0.0450. The normalized spacial score (nSPS) is 19.2. The molecule has 1 atom stereocenters. The summed E-state index contributed by atoms with van der Waals surface area (Å²) < 4.78 is 29.3. The van der Waals surface area contributed by atoms with Crippen molar-refractivity contribution in [1.29, 1.82) is 0 Å². The Kier molecular flexibility index (Phi) is 4.07. The summed E-state index contributed by atoms with van der Waals surface area (Å²) in [5.41, 5.74) is 2.89. The van der Waals surface area contributed by atoms with Crippen molar-refractivity contribution >= 4 is 33.3 Å². The molecule has 0 aromatic carbocycles. The molecule has 114 valence electrons. The van der Waals surface area contributed by atoms with Gasteiger partial charge in [-0.15, -0.1) is 0 Å². The lowest BCUT2D eigenvalue weighted by Gasteiger charge is -2.11. The number of fused-ring (bicyclic) bond motifs is 1. The standard InChI is InChI=1S/C12H17N5O2S2/c13-16-11-12(17-6-2-1-5-10(17)15-11)21(18,19)14-8-9-4-3-7-20-9/h1-2,5-6,9,14,16H,3-4,7-8,13H2. The Morgan fingerprint density at radius 3 is 3.05 bits per heavy atom. The number of nitrogens with one attached hydrogen (secondary N) is 2. The Hall–Kier alpha value is -1.29. The van der Waals surface area contributed by atoms with Gasteiger partial charge >= 0.3 is 0 Å². The summed E-state index contributed by atoms with van der Waals surface area (Å²) in [6.45, 7) is 0.428. The number of thioether (sulfide) groups is 1. The molecule has 0 bridgehead atoms. The van der Waals surface area contributed by atoms with Crippen LogP contribution in [0.15, 0.2) is 29.4 Å². The first-order chi connectivity index (χ1) is 10.1. The zero-order valence-corrected chi connectivity index (χ0v) is 13.0. The molecule has 0 radical (unpaired) electrons. The summed E-state index contributed by atoms with van der Waals surface area (Å²) in [6.07, 6.45) is 3.84. The second-order valence-corrected chi connectivity index (χ2v) is 7.92. The maximum absolute atomic E-state index is 12.6. The van der Waals surface area contributed by atoms with E-state index in [4.69, 9.17) is 5.84 Å². The van der Waals surface area contributed by atoms with Gasteiger partial charge in [0, 0.05) is 18.0 Å². The lowest BCUT2D eigenvalue weighted by atomic mass is 10.2. The summed E-state index contributed by atoms with van der Waals surface area (Å²) in [4.78, 5) is 4.18. The van der Waals surface area contributed by atoms with E-state index in [1.807, 2.05) is 0 Å². The van der Waals surface area contributed by atoms with Crippen LogP contribution in [0, 0.1) is 0 Å². The average Bonchev–Trinajstić information content (AvgIpc) is 3.12. The van der Waals surface area contributed by atoms with Crippen LogP contribution in [0.25, 0.3) is 5.65 Å². The molecule has 4 N–H and O–H groups in total. The highest BCUT2D eigenvalue weighted by atomic mass is 32.2. The van der Waals surface area contributed by atoms with Crippen molar-refractivity contribution in [2.45, 2.75) is 23.1 Å². The molecule has 0 saturated carbocycles. The van der Waals surface area contributed by atoms with Gasteiger partial charge in [-0.25, -0.2) is 24.0 Å². The largest absolute Gasteiger partial charge is 0.306 e. The highest BCUT2D eigenvalue weighted by Gasteiger charge is 2.26. The Morgan fingerprint density at radius 2 is 2.33 bits per heavy atom. The van der Waals surface area contributed by atoms with Crippen LogP contribution in [0.4, 0.5) is 5.82 Å². The van der Waals surface area contributed by atoms with Crippen LogP contribution in [-0.4, -0.2) is 35.4 Å². The number of nitrogens with two attached hydrogens (primary N) is 1. The second kappa shape index (κ2) is 5.84. The van der Waals surface area contributed by atoms with Crippen LogP contribution >= 0.6 is 11.8 Å². The number of nitrogen functional groups attached to an aromatic ring is 1. The smallest absolute Gasteiger partial charge is 0.260 e. The van der Waals surface area contributed by atoms with Crippen LogP contribution in [0.1, 0.15) is 12.8 Å². The maximum Gasteiger partial charge on any atom is 0.260 e. The van der Waals surface area contributed by atoms with Gasteiger partial charge in [0.1, 0.15) is 5.65 Å². The highest BCUT2D eigenvalue weighted by molar-refractivity contribution is 8.00. The topological polar surface area (TPSA) is 102 Å². The maximum atomic E-state index is 12.6. The van der Waals surface area contributed by atoms with Gasteiger partial charge in [-0.2, -0.15) is 11.8 Å². The predicted molar refractivity (Wildman–Crippen MR) is 83.7 cm³/mol. The lowest BCUT2D eigenvalue weighted by Crippen LogP contribution is -2.31. The van der Waals surface area contributed by atoms with Crippen molar-refractivity contribution in [3.05, 3.63) is 24.4 Å². The van der Waals surface area contributed by atoms with Crippen LogP contribution in [-0.2, 0) is 10.0 Å². The van der Waals surface area contributed by atoms with E-state index in [1.165, 1.54) is 4.40 Å². The zero-order chi connectivity index (χ0) is 14.9. The number of rotatable bonds is 5. The lowest BCUT2D eigenvalue weighted by molar-refractivity contribution is 0.574. The van der Waals surface area contributed by atoms with E-state index in [2.05, 4.69) is 15.1 Å². The third kappa shape index (κ3) is 2.86. The van der Waals surface area contributed by atoms with Gasteiger partial charge < -0.3 is 5.43 Å². The highest BCUT2D eigenvalue weighted by Crippen LogP contribution is 2.26. The van der Waals surface area contributed by atoms with Gasteiger partial charge in [-0.1, -0.05) is 6.07 Å². The zero-order valence-electron chi connectivity index (χ0n) is 11.3.